The number of unbranched alkanes of at least 4 members (excludes halogenated alkanes) is 2. The van der Waals surface area contributed by atoms with E-state index in [0.717, 1.165) is 108 Å². The minimum atomic E-state index is -0.568. The molecule has 0 aliphatic carbocycles. The lowest BCUT2D eigenvalue weighted by molar-refractivity contribution is -0.148. The second-order valence-electron chi connectivity index (χ2n) is 22.5. The highest BCUT2D eigenvalue weighted by atomic mass is 16.5. The number of carbonyl (C=O) groups excluding carboxylic acids is 4. The van der Waals surface area contributed by atoms with Crippen molar-refractivity contribution in [3.63, 3.8) is 0 Å². The Bertz CT molecular complexity index is 3420. The minimum absolute atomic E-state index is 0.123. The molecule has 2 aliphatic rings. The maximum absolute atomic E-state index is 15.4. The molecule has 8 aromatic rings. The summed E-state index contributed by atoms with van der Waals surface area (Å²) in [5, 5.41) is 0. The van der Waals surface area contributed by atoms with Crippen LogP contribution >= 0.6 is 0 Å². The Balaban J connectivity index is 0.965. The van der Waals surface area contributed by atoms with Crippen LogP contribution in [0.2, 0.25) is 0 Å². The summed E-state index contributed by atoms with van der Waals surface area (Å²) in [7, 11) is 0. The normalized spacial score (nSPS) is 13.8. The molecular formula is C78H78N4O6. The van der Waals surface area contributed by atoms with Crippen LogP contribution in [0.4, 0.5) is 34.1 Å². The molecule has 10 rings (SSSR count). The number of fused-ring (bicyclic) bond motifs is 1. The van der Waals surface area contributed by atoms with Crippen molar-refractivity contribution in [2.45, 2.75) is 79.1 Å². The van der Waals surface area contributed by atoms with E-state index in [4.69, 9.17) is 9.47 Å². The maximum Gasteiger partial charge on any atom is 0.326 e. The number of para-hydroxylation sites is 4. The van der Waals surface area contributed by atoms with Crippen LogP contribution in [0.25, 0.3) is 35.7 Å². The Hall–Kier alpha value is -9.80. The zero-order chi connectivity index (χ0) is 61.2. The molecule has 8 aromatic carbocycles. The number of hydrogen-bond donors (Lipinski definition) is 0. The van der Waals surface area contributed by atoms with Gasteiger partial charge in [-0.1, -0.05) is 236 Å². The Labute approximate surface area is 519 Å². The fourth-order valence-electron chi connectivity index (χ4n) is 11.4. The van der Waals surface area contributed by atoms with Crippen molar-refractivity contribution >= 4 is 93.6 Å². The number of rotatable bonds is 28. The second kappa shape index (κ2) is 30.0. The summed E-state index contributed by atoms with van der Waals surface area (Å²) in [5.41, 5.74) is 12.0. The van der Waals surface area contributed by atoms with Gasteiger partial charge in [0.2, 0.25) is 0 Å². The van der Waals surface area contributed by atoms with Gasteiger partial charge in [0.15, 0.2) is 0 Å². The summed E-state index contributed by atoms with van der Waals surface area (Å²) < 4.78 is 11.9. The number of hydrogen-bond acceptors (Lipinski definition) is 8. The van der Waals surface area contributed by atoms with Crippen molar-refractivity contribution in [1.29, 1.82) is 0 Å². The third-order valence-corrected chi connectivity index (χ3v) is 16.5. The van der Waals surface area contributed by atoms with Crippen LogP contribution in [-0.4, -0.2) is 59.9 Å². The highest BCUT2D eigenvalue weighted by Crippen LogP contribution is 2.47. The predicted octanol–water partition coefficient (Wildman–Crippen LogP) is 18.3. The van der Waals surface area contributed by atoms with E-state index in [-0.39, 0.29) is 47.6 Å². The zero-order valence-electron chi connectivity index (χ0n) is 51.0. The van der Waals surface area contributed by atoms with Gasteiger partial charge in [-0.3, -0.25) is 29.0 Å². The third-order valence-electron chi connectivity index (χ3n) is 16.5. The molecule has 0 aromatic heterocycles. The molecule has 0 saturated carbocycles. The minimum Gasteiger partial charge on any atom is -0.464 e. The Morgan fingerprint density at radius 3 is 0.932 bits per heavy atom. The molecule has 0 fully saturated rings. The van der Waals surface area contributed by atoms with E-state index in [1.807, 2.05) is 146 Å². The molecule has 0 bridgehead atoms. The van der Waals surface area contributed by atoms with Crippen LogP contribution in [-0.2, 0) is 28.7 Å². The van der Waals surface area contributed by atoms with E-state index in [9.17, 15) is 9.59 Å². The van der Waals surface area contributed by atoms with E-state index in [1.54, 1.807) is 0 Å². The largest absolute Gasteiger partial charge is 0.464 e. The predicted molar refractivity (Wildman–Crippen MR) is 359 cm³/mol. The number of nitrogens with zero attached hydrogens (tertiary/aromatic N) is 4. The molecule has 10 heteroatoms. The van der Waals surface area contributed by atoms with Crippen LogP contribution in [0, 0.1) is 11.8 Å². The maximum atomic E-state index is 15.4. The first-order valence-corrected chi connectivity index (χ1v) is 31.2. The fraction of sp³-hybridized carbons (Fsp3) is 0.231. The third kappa shape index (κ3) is 14.9. The molecule has 2 aliphatic heterocycles. The molecule has 88 heavy (non-hydrogen) atoms. The summed E-state index contributed by atoms with van der Waals surface area (Å²) in [6.45, 7) is 8.12. The smallest absolute Gasteiger partial charge is 0.326 e. The van der Waals surface area contributed by atoms with Crippen molar-refractivity contribution < 1.29 is 28.7 Å². The van der Waals surface area contributed by atoms with Crippen LogP contribution in [0.3, 0.4) is 0 Å². The Morgan fingerprint density at radius 2 is 0.659 bits per heavy atom. The summed E-state index contributed by atoms with van der Waals surface area (Å²) in [5.74, 6) is -1.82. The summed E-state index contributed by atoms with van der Waals surface area (Å²) >= 11 is 0. The average molecular weight is 1170 g/mol. The molecule has 10 nitrogen and oxygen atoms in total. The molecule has 2 amide bonds. The summed E-state index contributed by atoms with van der Waals surface area (Å²) in [6.07, 6.45) is 15.8. The van der Waals surface area contributed by atoms with Gasteiger partial charge >= 0.3 is 11.9 Å². The zero-order valence-corrected chi connectivity index (χ0v) is 51.0. The van der Waals surface area contributed by atoms with Crippen molar-refractivity contribution in [3.05, 3.63) is 263 Å². The topological polar surface area (TPSA) is 99.7 Å². The van der Waals surface area contributed by atoms with Gasteiger partial charge in [0, 0.05) is 34.1 Å². The quantitative estimate of drug-likeness (QED) is 0.0353. The molecule has 0 saturated heterocycles. The highest BCUT2D eigenvalue weighted by Gasteiger charge is 2.50. The lowest BCUT2D eigenvalue weighted by Crippen LogP contribution is -2.36. The van der Waals surface area contributed by atoms with Crippen molar-refractivity contribution in [3.8, 4) is 0 Å². The standard InChI is InChI=1S/C78H78N4O6/c1-5-9-23-57(7-3)55-87-71(83)53-79-75(63-45-37-59(38-46-63)33-35-61-41-49-69(50-42-61)81(65-25-15-11-16-26-65)66-27-17-12-18-28-66)73-74(77(79)85)76(80(78(73)86)54-72(84)88-56-58(8-4)24-10-6-2)64-47-39-60(40-48-64)34-36-62-43-51-70(52-44-62)82(67-29-19-13-20-30-67)68-31-21-14-22-32-68/h11-22,25-52,57-58H,5-10,23-24,53-56H2,1-4H3/b35-33+,36-34+. The molecule has 0 spiro atoms. The first kappa shape index (κ1) is 61.3. The van der Waals surface area contributed by atoms with Crippen LogP contribution < -0.4 is 9.80 Å². The van der Waals surface area contributed by atoms with Gasteiger partial charge in [-0.25, -0.2) is 0 Å². The number of amides is 2. The van der Waals surface area contributed by atoms with Gasteiger partial charge in [0.25, 0.3) is 11.8 Å². The second-order valence-corrected chi connectivity index (χ2v) is 22.5. The molecular weight excluding hydrogens is 1090 g/mol. The summed E-state index contributed by atoms with van der Waals surface area (Å²) in [4.78, 5) is 65.9. The average Bonchev–Trinajstić information content (AvgIpc) is 1.76. The van der Waals surface area contributed by atoms with Crippen LogP contribution in [0.5, 0.6) is 0 Å². The lowest BCUT2D eigenvalue weighted by atomic mass is 10.0. The van der Waals surface area contributed by atoms with Crippen LogP contribution in [0.15, 0.2) is 230 Å². The monoisotopic (exact) mass is 1170 g/mol. The Morgan fingerprint density at radius 1 is 0.386 bits per heavy atom. The highest BCUT2D eigenvalue weighted by molar-refractivity contribution is 6.31. The lowest BCUT2D eigenvalue weighted by Gasteiger charge is -2.25. The molecule has 2 heterocycles. The summed E-state index contributed by atoms with van der Waals surface area (Å²) in [6, 6.07) is 73.1. The number of esters is 2. The van der Waals surface area contributed by atoms with Gasteiger partial charge in [-0.05, 0) is 131 Å². The molecule has 446 valence electrons. The first-order chi connectivity index (χ1) is 43.1. The van der Waals surface area contributed by atoms with Crippen molar-refractivity contribution in [1.82, 2.24) is 9.80 Å². The van der Waals surface area contributed by atoms with E-state index < -0.39 is 36.8 Å². The number of ether oxygens (including phenoxy) is 2. The van der Waals surface area contributed by atoms with E-state index in [1.165, 1.54) is 9.80 Å². The van der Waals surface area contributed by atoms with Gasteiger partial charge in [-0.2, -0.15) is 0 Å². The number of carbonyl (C=O) groups is 4. The number of anilines is 6. The van der Waals surface area contributed by atoms with Crippen molar-refractivity contribution in [2.75, 3.05) is 36.1 Å². The van der Waals surface area contributed by atoms with E-state index in [2.05, 4.69) is 135 Å². The SMILES string of the molecule is CCCCC(CC)COC(=O)CN1C(=O)C2=C(c3ccc(/C=C/c4ccc(N(c5ccccc5)c5ccccc5)cc4)cc3)N(CC(=O)OCC(CC)CCCC)C(=O)C2=C1c1ccc(/C=C/c2ccc(N(c3ccccc3)c3ccccc3)cc2)cc1. The Kier molecular flexibility index (Phi) is 20.9. The van der Waals surface area contributed by atoms with Crippen LogP contribution in [0.1, 0.15) is 112 Å². The van der Waals surface area contributed by atoms with E-state index >= 15 is 9.59 Å². The van der Waals surface area contributed by atoms with Gasteiger partial charge in [0.05, 0.1) is 35.8 Å². The van der Waals surface area contributed by atoms with Crippen molar-refractivity contribution in [2.24, 2.45) is 11.8 Å². The molecule has 2 unspecified atom stereocenters. The van der Waals surface area contributed by atoms with Gasteiger partial charge < -0.3 is 19.3 Å². The van der Waals surface area contributed by atoms with Gasteiger partial charge in [-0.15, -0.1) is 0 Å². The van der Waals surface area contributed by atoms with Gasteiger partial charge in [0.1, 0.15) is 13.1 Å². The first-order valence-electron chi connectivity index (χ1n) is 31.2. The number of benzene rings is 8. The fourth-order valence-corrected chi connectivity index (χ4v) is 11.4. The molecule has 0 radical (unpaired) electrons. The van der Waals surface area contributed by atoms with E-state index in [0.29, 0.717) is 11.1 Å². The molecule has 2 atom stereocenters. The molecule has 0 N–H and O–H groups in total.